The molecular formula is C27H28O9. The molecule has 2 aromatic carbocycles. The van der Waals surface area contributed by atoms with Crippen LogP contribution in [0.5, 0.6) is 11.5 Å². The van der Waals surface area contributed by atoms with Gasteiger partial charge in [-0.25, -0.2) is 4.79 Å². The molecule has 1 fully saturated rings. The molecule has 5 atom stereocenters. The first kappa shape index (κ1) is 25.4. The van der Waals surface area contributed by atoms with Crippen molar-refractivity contribution in [2.75, 3.05) is 7.11 Å². The van der Waals surface area contributed by atoms with Gasteiger partial charge in [0.2, 0.25) is 5.79 Å². The molecule has 5 unspecified atom stereocenters. The standard InChI is InChI=1S/C27H28O9/c1-16(28)34-24-23(30)21-9-6-12-27(32,36-21)25(24)35-26(31)19(13-17-7-4-3-5-8-17)14-18-10-11-20(29)22(15-18)33-2/h3-8,10-12,14-15,21,23-25,29-30,32H,9,13H2,1-2H3. The van der Waals surface area contributed by atoms with E-state index in [1.54, 1.807) is 24.3 Å². The number of rotatable bonds is 7. The van der Waals surface area contributed by atoms with Crippen LogP contribution in [0.15, 0.2) is 66.3 Å². The second-order valence-electron chi connectivity index (χ2n) is 8.70. The Labute approximate surface area is 208 Å². The van der Waals surface area contributed by atoms with Crippen LogP contribution in [0, 0.1) is 0 Å². The average Bonchev–Trinajstić information content (AvgIpc) is 2.86. The Kier molecular flexibility index (Phi) is 7.44. The van der Waals surface area contributed by atoms with Crippen LogP contribution in [0.1, 0.15) is 24.5 Å². The van der Waals surface area contributed by atoms with Crippen LogP contribution in [-0.4, -0.2) is 64.6 Å². The number of carbonyl (C=O) groups is 2. The number of esters is 2. The fourth-order valence-corrected chi connectivity index (χ4v) is 4.35. The third kappa shape index (κ3) is 5.43. The summed E-state index contributed by atoms with van der Waals surface area (Å²) in [4.78, 5) is 25.3. The summed E-state index contributed by atoms with van der Waals surface area (Å²) in [6, 6.07) is 13.8. The van der Waals surface area contributed by atoms with Gasteiger partial charge in [-0.3, -0.25) is 4.79 Å². The van der Waals surface area contributed by atoms with Gasteiger partial charge in [-0.15, -0.1) is 0 Å². The average molecular weight is 497 g/mol. The fourth-order valence-electron chi connectivity index (χ4n) is 4.35. The molecule has 0 saturated carbocycles. The SMILES string of the molecule is COc1cc(C=C(Cc2ccccc2)C(=O)OC2C(OC(C)=O)C(O)C3CC=CC2(O)O3)ccc1O. The molecule has 2 aliphatic rings. The smallest absolute Gasteiger partial charge is 0.334 e. The minimum absolute atomic E-state index is 0.0553. The third-order valence-electron chi connectivity index (χ3n) is 6.07. The van der Waals surface area contributed by atoms with Gasteiger partial charge in [0.15, 0.2) is 23.7 Å². The number of hydrogen-bond acceptors (Lipinski definition) is 9. The molecule has 2 heterocycles. The fraction of sp³-hybridized carbons (Fsp3) is 0.333. The first-order valence-corrected chi connectivity index (χ1v) is 11.5. The summed E-state index contributed by atoms with van der Waals surface area (Å²) >= 11 is 0. The van der Waals surface area contributed by atoms with Crippen LogP contribution < -0.4 is 4.74 Å². The normalized spacial score (nSPS) is 27.3. The Morgan fingerprint density at radius 1 is 1.17 bits per heavy atom. The largest absolute Gasteiger partial charge is 0.504 e. The molecule has 0 amide bonds. The molecule has 2 aromatic rings. The van der Waals surface area contributed by atoms with Crippen LogP contribution >= 0.6 is 0 Å². The molecule has 9 heteroatoms. The van der Waals surface area contributed by atoms with Gasteiger partial charge in [-0.05, 0) is 41.8 Å². The number of fused-ring (bicyclic) bond motifs is 2. The third-order valence-corrected chi connectivity index (χ3v) is 6.07. The van der Waals surface area contributed by atoms with Crippen molar-refractivity contribution < 1.29 is 43.9 Å². The maximum atomic E-state index is 13.5. The van der Waals surface area contributed by atoms with E-state index < -0.39 is 42.1 Å². The monoisotopic (exact) mass is 496 g/mol. The van der Waals surface area contributed by atoms with Crippen LogP contribution in [0.3, 0.4) is 0 Å². The number of benzene rings is 2. The first-order chi connectivity index (χ1) is 17.2. The van der Waals surface area contributed by atoms with Gasteiger partial charge in [0.1, 0.15) is 6.10 Å². The number of aromatic hydroxyl groups is 1. The Morgan fingerprint density at radius 2 is 1.92 bits per heavy atom. The number of methoxy groups -OCH3 is 1. The van der Waals surface area contributed by atoms with Gasteiger partial charge >= 0.3 is 11.9 Å². The van der Waals surface area contributed by atoms with Gasteiger partial charge in [0, 0.05) is 18.9 Å². The van der Waals surface area contributed by atoms with Gasteiger partial charge in [-0.2, -0.15) is 0 Å². The number of ether oxygens (including phenoxy) is 4. The van der Waals surface area contributed by atoms with Crippen molar-refractivity contribution in [2.24, 2.45) is 0 Å². The number of carbonyl (C=O) groups excluding carboxylic acids is 2. The minimum Gasteiger partial charge on any atom is -0.504 e. The molecule has 190 valence electrons. The maximum absolute atomic E-state index is 13.5. The van der Waals surface area contributed by atoms with E-state index in [-0.39, 0.29) is 23.5 Å². The molecule has 1 saturated heterocycles. The Morgan fingerprint density at radius 3 is 2.61 bits per heavy atom. The summed E-state index contributed by atoms with van der Waals surface area (Å²) in [6.07, 6.45) is -0.0272. The van der Waals surface area contributed by atoms with E-state index in [2.05, 4.69) is 0 Å². The highest BCUT2D eigenvalue weighted by Gasteiger charge is 2.57. The molecule has 0 aliphatic carbocycles. The summed E-state index contributed by atoms with van der Waals surface area (Å²) in [5.41, 5.74) is 1.58. The molecule has 2 aliphatic heterocycles. The van der Waals surface area contributed by atoms with Crippen LogP contribution in [0.4, 0.5) is 0 Å². The van der Waals surface area contributed by atoms with Crippen molar-refractivity contribution in [1.29, 1.82) is 0 Å². The summed E-state index contributed by atoms with van der Waals surface area (Å²) in [7, 11) is 1.41. The second kappa shape index (κ2) is 10.5. The molecule has 0 aromatic heterocycles. The summed E-state index contributed by atoms with van der Waals surface area (Å²) in [5.74, 6) is -3.43. The minimum atomic E-state index is -2.09. The van der Waals surface area contributed by atoms with Crippen molar-refractivity contribution in [2.45, 2.75) is 50.0 Å². The van der Waals surface area contributed by atoms with Crippen LogP contribution in [-0.2, 0) is 30.2 Å². The van der Waals surface area contributed by atoms with Gasteiger partial charge in [-0.1, -0.05) is 42.5 Å². The van der Waals surface area contributed by atoms with Crippen molar-refractivity contribution >= 4 is 18.0 Å². The predicted octanol–water partition coefficient (Wildman–Crippen LogP) is 2.28. The van der Waals surface area contributed by atoms with Gasteiger partial charge in [0.25, 0.3) is 0 Å². The first-order valence-electron chi connectivity index (χ1n) is 11.5. The predicted molar refractivity (Wildman–Crippen MR) is 128 cm³/mol. The van der Waals surface area contributed by atoms with Gasteiger partial charge in [0.05, 0.1) is 13.2 Å². The Bertz CT molecular complexity index is 1170. The molecule has 4 rings (SSSR count). The summed E-state index contributed by atoms with van der Waals surface area (Å²) in [5, 5.41) is 31.8. The van der Waals surface area contributed by atoms with Crippen molar-refractivity contribution in [3.63, 3.8) is 0 Å². The maximum Gasteiger partial charge on any atom is 0.334 e. The topological polar surface area (TPSA) is 132 Å². The van der Waals surface area contributed by atoms with E-state index in [0.717, 1.165) is 12.5 Å². The number of phenolic OH excluding ortho intramolecular Hbond substituents is 1. The van der Waals surface area contributed by atoms with E-state index >= 15 is 0 Å². The quantitative estimate of drug-likeness (QED) is 0.300. The lowest BCUT2D eigenvalue weighted by molar-refractivity contribution is -0.329. The number of aliphatic hydroxyl groups is 2. The van der Waals surface area contributed by atoms with E-state index in [1.165, 1.54) is 19.3 Å². The van der Waals surface area contributed by atoms with Crippen molar-refractivity contribution in [3.8, 4) is 11.5 Å². The highest BCUT2D eigenvalue weighted by Crippen LogP contribution is 2.38. The lowest BCUT2D eigenvalue weighted by Crippen LogP contribution is -2.66. The second-order valence-corrected chi connectivity index (χ2v) is 8.70. The lowest BCUT2D eigenvalue weighted by Gasteiger charge is -2.48. The number of phenols is 1. The zero-order valence-electron chi connectivity index (χ0n) is 19.9. The van der Waals surface area contributed by atoms with E-state index in [4.69, 9.17) is 18.9 Å². The molecular weight excluding hydrogens is 468 g/mol. The van der Waals surface area contributed by atoms with E-state index in [0.29, 0.717) is 12.0 Å². The number of aliphatic hydroxyl groups excluding tert-OH is 1. The van der Waals surface area contributed by atoms with E-state index in [9.17, 15) is 24.9 Å². The lowest BCUT2D eigenvalue weighted by atomic mass is 9.87. The van der Waals surface area contributed by atoms with Crippen LogP contribution in [0.25, 0.3) is 6.08 Å². The van der Waals surface area contributed by atoms with Crippen molar-refractivity contribution in [1.82, 2.24) is 0 Å². The molecule has 0 spiro atoms. The Balaban J connectivity index is 1.69. The van der Waals surface area contributed by atoms with Crippen LogP contribution in [0.2, 0.25) is 0 Å². The molecule has 36 heavy (non-hydrogen) atoms. The molecule has 9 nitrogen and oxygen atoms in total. The highest BCUT2D eigenvalue weighted by molar-refractivity contribution is 5.94. The zero-order valence-corrected chi connectivity index (χ0v) is 19.9. The molecule has 2 bridgehead atoms. The molecule has 0 radical (unpaired) electrons. The zero-order chi connectivity index (χ0) is 25.9. The highest BCUT2D eigenvalue weighted by atomic mass is 16.7. The summed E-state index contributed by atoms with van der Waals surface area (Å²) in [6.45, 7) is 1.16. The summed E-state index contributed by atoms with van der Waals surface area (Å²) < 4.78 is 21.7. The molecule has 3 N–H and O–H groups in total. The van der Waals surface area contributed by atoms with Gasteiger partial charge < -0.3 is 34.3 Å². The van der Waals surface area contributed by atoms with Crippen molar-refractivity contribution in [3.05, 3.63) is 77.4 Å². The Hall–Kier alpha value is -3.66. The van der Waals surface area contributed by atoms with E-state index in [1.807, 2.05) is 30.3 Å². The number of hydrogen-bond donors (Lipinski definition) is 3.